The summed E-state index contributed by atoms with van der Waals surface area (Å²) in [6, 6.07) is 6.24. The molecule has 2 rings (SSSR count). The second kappa shape index (κ2) is 8.62. The van der Waals surface area contributed by atoms with Gasteiger partial charge in [0.25, 0.3) is 0 Å². The van der Waals surface area contributed by atoms with Crippen LogP contribution in [0.25, 0.3) is 0 Å². The van der Waals surface area contributed by atoms with Gasteiger partial charge in [0, 0.05) is 19.0 Å². The third-order valence-corrected chi connectivity index (χ3v) is 4.37. The number of hydrogen-bond donors (Lipinski definition) is 1. The van der Waals surface area contributed by atoms with Crippen LogP contribution >= 0.6 is 24.0 Å². The lowest BCUT2D eigenvalue weighted by molar-refractivity contribution is -0.116. The van der Waals surface area contributed by atoms with E-state index in [-0.39, 0.29) is 18.3 Å². The molecule has 1 unspecified atom stereocenters. The van der Waals surface area contributed by atoms with E-state index >= 15 is 0 Å². The van der Waals surface area contributed by atoms with Gasteiger partial charge in [0.1, 0.15) is 0 Å². The van der Waals surface area contributed by atoms with E-state index < -0.39 is 0 Å². The van der Waals surface area contributed by atoms with Crippen LogP contribution < -0.4 is 5.32 Å². The molecule has 3 nitrogen and oxygen atoms in total. The van der Waals surface area contributed by atoms with Gasteiger partial charge in [0.15, 0.2) is 0 Å². The average Bonchev–Trinajstić information content (AvgIpc) is 2.42. The number of carbonyl (C=O) groups is 1. The number of piperidine rings is 1. The van der Waals surface area contributed by atoms with Crippen LogP contribution in [-0.4, -0.2) is 29.9 Å². The Morgan fingerprint density at radius 3 is 2.86 bits per heavy atom. The van der Waals surface area contributed by atoms with Gasteiger partial charge >= 0.3 is 0 Å². The summed E-state index contributed by atoms with van der Waals surface area (Å²) >= 11 is 6.12. The highest BCUT2D eigenvalue weighted by Crippen LogP contribution is 2.25. The summed E-state index contributed by atoms with van der Waals surface area (Å²) in [6.07, 6.45) is 4.32. The average molecular weight is 331 g/mol. The fourth-order valence-electron chi connectivity index (χ4n) is 2.73. The predicted molar refractivity (Wildman–Crippen MR) is 91.6 cm³/mol. The van der Waals surface area contributed by atoms with Crippen molar-refractivity contribution in [1.82, 2.24) is 4.90 Å². The quantitative estimate of drug-likeness (QED) is 0.893. The normalized spacial score (nSPS) is 18.9. The smallest absolute Gasteiger partial charge is 0.225 e. The number of anilines is 1. The van der Waals surface area contributed by atoms with Gasteiger partial charge < -0.3 is 10.2 Å². The SMILES string of the molecule is Cc1cccc(Cl)c1NC(=O)CCN1CCCCC1C.Cl. The summed E-state index contributed by atoms with van der Waals surface area (Å²) in [4.78, 5) is 14.5. The van der Waals surface area contributed by atoms with Gasteiger partial charge in [-0.3, -0.25) is 4.79 Å². The zero-order valence-corrected chi connectivity index (χ0v) is 14.3. The Balaban J connectivity index is 0.00000220. The van der Waals surface area contributed by atoms with Crippen LogP contribution in [0.4, 0.5) is 5.69 Å². The van der Waals surface area contributed by atoms with E-state index in [0.29, 0.717) is 17.5 Å². The van der Waals surface area contributed by atoms with Crippen LogP contribution in [0.5, 0.6) is 0 Å². The molecule has 1 N–H and O–H groups in total. The molecular weight excluding hydrogens is 307 g/mol. The van der Waals surface area contributed by atoms with E-state index in [1.54, 1.807) is 6.07 Å². The maximum atomic E-state index is 12.1. The van der Waals surface area contributed by atoms with Crippen molar-refractivity contribution >= 4 is 35.6 Å². The molecule has 1 fully saturated rings. The lowest BCUT2D eigenvalue weighted by atomic mass is 10.0. The molecule has 118 valence electrons. The Morgan fingerprint density at radius 1 is 1.43 bits per heavy atom. The molecule has 0 saturated carbocycles. The molecule has 0 bridgehead atoms. The van der Waals surface area contributed by atoms with E-state index in [4.69, 9.17) is 11.6 Å². The minimum atomic E-state index is 0. The van der Waals surface area contributed by atoms with Gasteiger partial charge in [-0.1, -0.05) is 30.2 Å². The summed E-state index contributed by atoms with van der Waals surface area (Å²) in [5.74, 6) is 0.0407. The maximum absolute atomic E-state index is 12.1. The van der Waals surface area contributed by atoms with Gasteiger partial charge in [-0.05, 0) is 44.9 Å². The number of nitrogens with one attached hydrogen (secondary N) is 1. The topological polar surface area (TPSA) is 32.3 Å². The number of hydrogen-bond acceptors (Lipinski definition) is 2. The van der Waals surface area contributed by atoms with E-state index in [1.165, 1.54) is 19.3 Å². The number of aryl methyl sites for hydroxylation is 1. The Labute approximate surface area is 138 Å². The number of amides is 1. The van der Waals surface area contributed by atoms with Crippen LogP contribution in [0.3, 0.4) is 0 Å². The van der Waals surface area contributed by atoms with Gasteiger partial charge in [-0.25, -0.2) is 0 Å². The van der Waals surface area contributed by atoms with Crippen LogP contribution in [0.2, 0.25) is 5.02 Å². The number of rotatable bonds is 4. The largest absolute Gasteiger partial charge is 0.325 e. The minimum absolute atomic E-state index is 0. The zero-order chi connectivity index (χ0) is 14.5. The first-order chi connectivity index (χ1) is 9.58. The highest BCUT2D eigenvalue weighted by molar-refractivity contribution is 6.33. The van der Waals surface area contributed by atoms with Crippen LogP contribution in [0, 0.1) is 6.92 Å². The minimum Gasteiger partial charge on any atom is -0.325 e. The summed E-state index contributed by atoms with van der Waals surface area (Å²) in [5.41, 5.74) is 1.74. The number of carbonyl (C=O) groups excluding carboxylic acids is 1. The molecule has 1 aromatic carbocycles. The summed E-state index contributed by atoms with van der Waals surface area (Å²) < 4.78 is 0. The summed E-state index contributed by atoms with van der Waals surface area (Å²) in [7, 11) is 0. The third kappa shape index (κ3) is 5.17. The van der Waals surface area contributed by atoms with E-state index in [9.17, 15) is 4.79 Å². The molecule has 1 heterocycles. The van der Waals surface area contributed by atoms with Crippen molar-refractivity contribution in [1.29, 1.82) is 0 Å². The monoisotopic (exact) mass is 330 g/mol. The first kappa shape index (κ1) is 18.3. The number of halogens is 2. The first-order valence-corrected chi connectivity index (χ1v) is 7.74. The number of nitrogens with zero attached hydrogens (tertiary/aromatic N) is 1. The molecule has 0 aliphatic carbocycles. The maximum Gasteiger partial charge on any atom is 0.225 e. The molecule has 0 radical (unpaired) electrons. The van der Waals surface area contributed by atoms with Crippen molar-refractivity contribution in [2.24, 2.45) is 0 Å². The van der Waals surface area contributed by atoms with Crippen molar-refractivity contribution in [3.63, 3.8) is 0 Å². The zero-order valence-electron chi connectivity index (χ0n) is 12.7. The van der Waals surface area contributed by atoms with Crippen LogP contribution in [0.1, 0.15) is 38.2 Å². The molecule has 1 atom stereocenters. The van der Waals surface area contributed by atoms with Gasteiger partial charge in [-0.15, -0.1) is 12.4 Å². The van der Waals surface area contributed by atoms with Crippen molar-refractivity contribution < 1.29 is 4.79 Å². The highest BCUT2D eigenvalue weighted by Gasteiger charge is 2.18. The molecule has 1 saturated heterocycles. The molecule has 5 heteroatoms. The Bertz CT molecular complexity index is 459. The molecule has 1 amide bonds. The van der Waals surface area contributed by atoms with E-state index in [2.05, 4.69) is 17.1 Å². The molecule has 1 aliphatic heterocycles. The van der Waals surface area contributed by atoms with Gasteiger partial charge in [0.05, 0.1) is 10.7 Å². The van der Waals surface area contributed by atoms with Crippen molar-refractivity contribution in [2.45, 2.75) is 45.6 Å². The Hall–Kier alpha value is -0.770. The Kier molecular flexibility index (Phi) is 7.50. The van der Waals surface area contributed by atoms with Gasteiger partial charge in [0.2, 0.25) is 5.91 Å². The first-order valence-electron chi connectivity index (χ1n) is 7.37. The fraction of sp³-hybridized carbons (Fsp3) is 0.562. The lowest BCUT2D eigenvalue weighted by Crippen LogP contribution is -2.39. The van der Waals surface area contributed by atoms with E-state index in [0.717, 1.165) is 24.3 Å². The molecule has 1 aromatic rings. The predicted octanol–water partition coefficient (Wildman–Crippen LogP) is 4.27. The molecule has 21 heavy (non-hydrogen) atoms. The molecular formula is C16H24Cl2N2O. The highest BCUT2D eigenvalue weighted by atomic mass is 35.5. The molecule has 1 aliphatic rings. The third-order valence-electron chi connectivity index (χ3n) is 4.05. The second-order valence-corrected chi connectivity index (χ2v) is 6.02. The van der Waals surface area contributed by atoms with Crippen molar-refractivity contribution in [3.8, 4) is 0 Å². The number of para-hydroxylation sites is 1. The Morgan fingerprint density at radius 2 is 2.19 bits per heavy atom. The van der Waals surface area contributed by atoms with Gasteiger partial charge in [-0.2, -0.15) is 0 Å². The summed E-state index contributed by atoms with van der Waals surface area (Å²) in [6.45, 7) is 6.14. The van der Waals surface area contributed by atoms with Crippen molar-refractivity contribution in [3.05, 3.63) is 28.8 Å². The number of benzene rings is 1. The molecule has 0 aromatic heterocycles. The second-order valence-electron chi connectivity index (χ2n) is 5.61. The standard InChI is InChI=1S/C16H23ClN2O.ClH/c1-12-6-5-8-14(17)16(12)18-15(20)9-11-19-10-4-3-7-13(19)2;/h5-6,8,13H,3-4,7,9-11H2,1-2H3,(H,18,20);1H. The van der Waals surface area contributed by atoms with Crippen LogP contribution in [0.15, 0.2) is 18.2 Å². The summed E-state index contributed by atoms with van der Waals surface area (Å²) in [5, 5.41) is 3.54. The van der Waals surface area contributed by atoms with E-state index in [1.807, 2.05) is 19.1 Å². The lowest BCUT2D eigenvalue weighted by Gasteiger charge is -2.33. The van der Waals surface area contributed by atoms with Crippen LogP contribution in [-0.2, 0) is 4.79 Å². The molecule has 0 spiro atoms. The van der Waals surface area contributed by atoms with Crippen molar-refractivity contribution in [2.75, 3.05) is 18.4 Å². The fourth-order valence-corrected chi connectivity index (χ4v) is 3.00. The number of likely N-dealkylation sites (tertiary alicyclic amines) is 1.